The molecule has 2 saturated carbocycles. The Kier molecular flexibility index (Phi) is 4.64. The summed E-state index contributed by atoms with van der Waals surface area (Å²) in [6.45, 7) is 1.75. The molecule has 0 aromatic heterocycles. The Morgan fingerprint density at radius 3 is 2.03 bits per heavy atom. The highest BCUT2D eigenvalue weighted by atomic mass is 35.5. The van der Waals surface area contributed by atoms with Crippen LogP contribution >= 0.6 is 23.2 Å². The number of nitrogens with zero attached hydrogens (tertiary/aromatic N) is 1. The molecule has 162 valence electrons. The van der Waals surface area contributed by atoms with E-state index in [0.717, 1.165) is 61.9 Å². The second-order valence-electron chi connectivity index (χ2n) is 9.45. The molecular weight excluding hydrogens is 449 g/mol. The van der Waals surface area contributed by atoms with Crippen molar-refractivity contribution in [2.24, 2.45) is 17.8 Å². The Labute approximate surface area is 194 Å². The van der Waals surface area contributed by atoms with Crippen molar-refractivity contribution in [3.63, 3.8) is 0 Å². The third-order valence-electron chi connectivity index (χ3n) is 8.09. The molecule has 3 unspecified atom stereocenters. The molecule has 2 bridgehead atoms. The topological polar surface area (TPSA) is 37.4 Å². The summed E-state index contributed by atoms with van der Waals surface area (Å²) in [7, 11) is -3.58. The van der Waals surface area contributed by atoms with E-state index in [1.165, 1.54) is 0 Å². The SMILES string of the molecule is O=S1(=O)C(c2ccc(Cl)cc2)=C(c2ccc(Cl)cc2)C2C3CCC(C3)[C@]21N1CCCC1. The van der Waals surface area contributed by atoms with E-state index in [-0.39, 0.29) is 11.8 Å². The molecule has 2 aliphatic carbocycles. The zero-order valence-corrected chi connectivity index (χ0v) is 19.6. The summed E-state index contributed by atoms with van der Waals surface area (Å²) in [5.41, 5.74) is 2.73. The highest BCUT2D eigenvalue weighted by molar-refractivity contribution is 8.02. The largest absolute Gasteiger partial charge is 0.284 e. The number of sulfone groups is 1. The van der Waals surface area contributed by atoms with E-state index in [1.54, 1.807) is 12.1 Å². The number of halogens is 2. The fourth-order valence-corrected chi connectivity index (χ4v) is 10.5. The molecule has 2 aliphatic heterocycles. The predicted molar refractivity (Wildman–Crippen MR) is 126 cm³/mol. The third-order valence-corrected chi connectivity index (χ3v) is 11.3. The van der Waals surface area contributed by atoms with Crippen molar-refractivity contribution >= 4 is 43.5 Å². The zero-order chi connectivity index (χ0) is 21.4. The Balaban J connectivity index is 1.66. The van der Waals surface area contributed by atoms with Crippen molar-refractivity contribution < 1.29 is 8.42 Å². The van der Waals surface area contributed by atoms with Crippen molar-refractivity contribution in [2.45, 2.75) is 37.0 Å². The molecule has 3 nitrogen and oxygen atoms in total. The average Bonchev–Trinajstić information content (AvgIpc) is 3.52. The summed E-state index contributed by atoms with van der Waals surface area (Å²) < 4.78 is 29.3. The van der Waals surface area contributed by atoms with Gasteiger partial charge in [-0.15, -0.1) is 0 Å². The minimum absolute atomic E-state index is 0.0150. The van der Waals surface area contributed by atoms with Gasteiger partial charge in [0.25, 0.3) is 0 Å². The molecule has 0 radical (unpaired) electrons. The Hall–Kier alpha value is -1.33. The van der Waals surface area contributed by atoms with Crippen LogP contribution in [0, 0.1) is 17.8 Å². The zero-order valence-electron chi connectivity index (χ0n) is 17.2. The molecule has 31 heavy (non-hydrogen) atoms. The van der Waals surface area contributed by atoms with Gasteiger partial charge in [-0.3, -0.25) is 4.90 Å². The first-order valence-electron chi connectivity index (χ1n) is 11.2. The molecule has 6 heteroatoms. The maximum absolute atomic E-state index is 14.7. The van der Waals surface area contributed by atoms with Crippen molar-refractivity contribution in [3.05, 3.63) is 69.7 Å². The molecule has 2 aromatic carbocycles. The first-order valence-corrected chi connectivity index (χ1v) is 13.4. The fourth-order valence-electron chi connectivity index (χ4n) is 7.11. The van der Waals surface area contributed by atoms with E-state index in [4.69, 9.17) is 23.2 Å². The average molecular weight is 474 g/mol. The van der Waals surface area contributed by atoms with Gasteiger partial charge in [0.05, 0.1) is 4.91 Å². The van der Waals surface area contributed by atoms with E-state index in [0.29, 0.717) is 20.9 Å². The third kappa shape index (κ3) is 2.65. The summed E-state index contributed by atoms with van der Waals surface area (Å²) in [4.78, 5) is 2.06. The summed E-state index contributed by atoms with van der Waals surface area (Å²) in [5.74, 6) is 0.634. The van der Waals surface area contributed by atoms with Crippen molar-refractivity contribution in [2.75, 3.05) is 13.1 Å². The van der Waals surface area contributed by atoms with Crippen LogP contribution < -0.4 is 0 Å². The van der Waals surface area contributed by atoms with Crippen molar-refractivity contribution in [3.8, 4) is 0 Å². The van der Waals surface area contributed by atoms with E-state index in [9.17, 15) is 8.42 Å². The van der Waals surface area contributed by atoms with Crippen LogP contribution in [0.2, 0.25) is 10.0 Å². The van der Waals surface area contributed by atoms with Crippen LogP contribution in [0.25, 0.3) is 10.5 Å². The van der Waals surface area contributed by atoms with Crippen LogP contribution in [0.3, 0.4) is 0 Å². The lowest BCUT2D eigenvalue weighted by Gasteiger charge is -2.46. The van der Waals surface area contributed by atoms with Crippen LogP contribution in [0.15, 0.2) is 48.5 Å². The van der Waals surface area contributed by atoms with Crippen molar-refractivity contribution in [1.82, 2.24) is 4.90 Å². The van der Waals surface area contributed by atoms with Crippen LogP contribution in [-0.2, 0) is 9.84 Å². The number of rotatable bonds is 3. The maximum atomic E-state index is 14.7. The van der Waals surface area contributed by atoms with E-state index in [2.05, 4.69) is 4.90 Å². The monoisotopic (exact) mass is 473 g/mol. The first-order chi connectivity index (χ1) is 14.9. The normalized spacial score (nSPS) is 33.9. The molecule has 0 N–H and O–H groups in total. The van der Waals surface area contributed by atoms with E-state index < -0.39 is 14.7 Å². The molecule has 2 aromatic rings. The number of hydrogen-bond acceptors (Lipinski definition) is 3. The standard InChI is InChI=1S/C25H25Cl2NO2S/c26-20-9-4-16(5-10-20)22-23-18-3-8-19(15-18)25(23,28-13-1-2-14-28)31(29,30)24(22)17-6-11-21(27)12-7-17/h4-7,9-12,18-19,23H,1-3,8,13-15H2/t18?,19?,23?,25-/m1/s1. The van der Waals surface area contributed by atoms with Gasteiger partial charge >= 0.3 is 0 Å². The first kappa shape index (κ1) is 20.3. The molecular formula is C25H25Cl2NO2S. The molecule has 0 amide bonds. The molecule has 4 atom stereocenters. The van der Waals surface area contributed by atoms with Gasteiger partial charge in [-0.2, -0.15) is 0 Å². The molecule has 1 saturated heterocycles. The summed E-state index contributed by atoms with van der Waals surface area (Å²) in [6.07, 6.45) is 5.30. The van der Waals surface area contributed by atoms with Gasteiger partial charge < -0.3 is 0 Å². The highest BCUT2D eigenvalue weighted by Crippen LogP contribution is 2.70. The van der Waals surface area contributed by atoms with Crippen LogP contribution in [-0.4, -0.2) is 31.3 Å². The van der Waals surface area contributed by atoms with Crippen LogP contribution in [0.5, 0.6) is 0 Å². The number of hydrogen-bond donors (Lipinski definition) is 0. The lowest BCUT2D eigenvalue weighted by molar-refractivity contribution is 0.106. The summed E-state index contributed by atoms with van der Waals surface area (Å²) in [5, 5.41) is 1.28. The molecule has 0 spiro atoms. The Morgan fingerprint density at radius 2 is 1.42 bits per heavy atom. The fraction of sp³-hybridized carbons (Fsp3) is 0.440. The Bertz CT molecular complexity index is 1170. The van der Waals surface area contributed by atoms with E-state index >= 15 is 0 Å². The molecule has 3 fully saturated rings. The van der Waals surface area contributed by atoms with Gasteiger partial charge in [-0.1, -0.05) is 47.5 Å². The minimum Gasteiger partial charge on any atom is -0.284 e. The van der Waals surface area contributed by atoms with Gasteiger partial charge in [-0.05, 0) is 98.0 Å². The predicted octanol–water partition coefficient (Wildman–Crippen LogP) is 6.13. The maximum Gasteiger partial charge on any atom is 0.199 e. The highest BCUT2D eigenvalue weighted by Gasteiger charge is 2.73. The lowest BCUT2D eigenvalue weighted by atomic mass is 9.75. The number of likely N-dealkylation sites (tertiary alicyclic amines) is 1. The summed E-state index contributed by atoms with van der Waals surface area (Å²) >= 11 is 12.3. The van der Waals surface area contributed by atoms with Gasteiger partial charge in [0.15, 0.2) is 9.84 Å². The van der Waals surface area contributed by atoms with Crippen LogP contribution in [0.4, 0.5) is 0 Å². The quantitative estimate of drug-likeness (QED) is 0.537. The smallest absolute Gasteiger partial charge is 0.199 e. The molecule has 4 aliphatic rings. The van der Waals surface area contributed by atoms with E-state index in [1.807, 2.05) is 36.4 Å². The van der Waals surface area contributed by atoms with Gasteiger partial charge in [0.2, 0.25) is 0 Å². The van der Waals surface area contributed by atoms with Crippen molar-refractivity contribution in [1.29, 1.82) is 0 Å². The molecule has 6 rings (SSSR count). The second-order valence-corrected chi connectivity index (χ2v) is 12.4. The van der Waals surface area contributed by atoms with Crippen LogP contribution in [0.1, 0.15) is 43.2 Å². The Morgan fingerprint density at radius 1 is 0.839 bits per heavy atom. The number of fused-ring (bicyclic) bond motifs is 5. The molecule has 2 heterocycles. The second kappa shape index (κ2) is 7.08. The van der Waals surface area contributed by atoms with Gasteiger partial charge in [0.1, 0.15) is 4.87 Å². The minimum atomic E-state index is -3.58. The number of benzene rings is 2. The summed E-state index contributed by atoms with van der Waals surface area (Å²) in [6, 6.07) is 15.1. The van der Waals surface area contributed by atoms with Gasteiger partial charge in [-0.25, -0.2) is 8.42 Å². The van der Waals surface area contributed by atoms with Gasteiger partial charge in [0, 0.05) is 16.0 Å². The lowest BCUT2D eigenvalue weighted by Crippen LogP contribution is -2.59.